The van der Waals surface area contributed by atoms with E-state index in [0.717, 1.165) is 10.2 Å². The maximum atomic E-state index is 12.3. The molecule has 0 bridgehead atoms. The van der Waals surface area contributed by atoms with Crippen molar-refractivity contribution in [2.75, 3.05) is 13.7 Å². The van der Waals surface area contributed by atoms with Gasteiger partial charge in [-0.15, -0.1) is 0 Å². The van der Waals surface area contributed by atoms with E-state index in [1.807, 2.05) is 4.57 Å². The Labute approximate surface area is 143 Å². The van der Waals surface area contributed by atoms with Gasteiger partial charge in [0.25, 0.3) is 0 Å². The third kappa shape index (κ3) is 3.18. The summed E-state index contributed by atoms with van der Waals surface area (Å²) in [5.74, 6) is -0.279. The van der Waals surface area contributed by atoms with Crippen molar-refractivity contribution in [3.8, 4) is 0 Å². The van der Waals surface area contributed by atoms with Gasteiger partial charge in [0.2, 0.25) is 5.76 Å². The van der Waals surface area contributed by atoms with Gasteiger partial charge in [0.15, 0.2) is 4.80 Å². The molecule has 3 aromatic rings. The van der Waals surface area contributed by atoms with Crippen molar-refractivity contribution in [2.24, 2.45) is 4.99 Å². The van der Waals surface area contributed by atoms with Gasteiger partial charge < -0.3 is 13.8 Å². The summed E-state index contributed by atoms with van der Waals surface area (Å²) in [5, 5.41) is 3.74. The molecule has 1 aromatic carbocycles. The van der Waals surface area contributed by atoms with Crippen molar-refractivity contribution in [3.63, 3.8) is 0 Å². The summed E-state index contributed by atoms with van der Waals surface area (Å²) in [4.78, 5) is 17.2. The second-order valence-corrected chi connectivity index (χ2v) is 6.69. The summed E-state index contributed by atoms with van der Waals surface area (Å²) >= 11 is 1.50. The van der Waals surface area contributed by atoms with E-state index in [4.69, 9.17) is 9.26 Å². The first-order chi connectivity index (χ1) is 11.5. The van der Waals surface area contributed by atoms with Crippen molar-refractivity contribution in [1.82, 2.24) is 9.72 Å². The van der Waals surface area contributed by atoms with Crippen molar-refractivity contribution in [3.05, 3.63) is 45.6 Å². The highest BCUT2D eigenvalue weighted by Gasteiger charge is 2.14. The van der Waals surface area contributed by atoms with E-state index >= 15 is 0 Å². The van der Waals surface area contributed by atoms with Crippen molar-refractivity contribution in [2.45, 2.75) is 27.3 Å². The van der Waals surface area contributed by atoms with Gasteiger partial charge in [0, 0.05) is 19.7 Å². The second-order valence-electron chi connectivity index (χ2n) is 5.71. The third-order valence-electron chi connectivity index (χ3n) is 3.67. The average molecular weight is 345 g/mol. The normalized spacial score (nSPS) is 12.2. The molecule has 0 N–H and O–H groups in total. The van der Waals surface area contributed by atoms with Gasteiger partial charge in [-0.1, -0.05) is 22.6 Å². The first-order valence-corrected chi connectivity index (χ1v) is 8.43. The Morgan fingerprint density at radius 3 is 2.79 bits per heavy atom. The van der Waals surface area contributed by atoms with Crippen LogP contribution >= 0.6 is 11.3 Å². The van der Waals surface area contributed by atoms with Crippen molar-refractivity contribution < 1.29 is 14.1 Å². The number of carbonyl (C=O) groups is 1. The third-order valence-corrected chi connectivity index (χ3v) is 4.90. The molecule has 3 rings (SSSR count). The number of nitrogens with zero attached hydrogens (tertiary/aromatic N) is 3. The highest BCUT2D eigenvalue weighted by molar-refractivity contribution is 7.16. The van der Waals surface area contributed by atoms with E-state index < -0.39 is 5.91 Å². The molecule has 0 saturated carbocycles. The van der Waals surface area contributed by atoms with Gasteiger partial charge in [-0.2, -0.15) is 4.99 Å². The number of carbonyl (C=O) groups excluding carboxylic acids is 1. The molecule has 24 heavy (non-hydrogen) atoms. The molecular formula is C17H19N3O3S. The van der Waals surface area contributed by atoms with Crippen LogP contribution < -0.4 is 4.80 Å². The number of aromatic nitrogens is 2. The number of hydrogen-bond donors (Lipinski definition) is 0. The lowest BCUT2D eigenvalue weighted by Gasteiger charge is -2.05. The standard InChI is InChI=1S/C17H19N3O3S/c1-10-7-11(2)15-13(8-10)20(5-6-22-4)17(24-15)18-16(21)14-9-12(3)19-23-14/h7-9H,5-6H2,1-4H3. The predicted molar refractivity (Wildman–Crippen MR) is 92.3 cm³/mol. The molecule has 0 fully saturated rings. The van der Waals surface area contributed by atoms with Gasteiger partial charge in [0.05, 0.1) is 22.5 Å². The van der Waals surface area contributed by atoms with Crippen molar-refractivity contribution in [1.29, 1.82) is 0 Å². The minimum absolute atomic E-state index is 0.149. The SMILES string of the molecule is COCCn1c(=NC(=O)c2cc(C)no2)sc2c(C)cc(C)cc21. The lowest BCUT2D eigenvalue weighted by atomic mass is 10.1. The van der Waals surface area contributed by atoms with Crippen LogP contribution in [0.25, 0.3) is 10.2 Å². The van der Waals surface area contributed by atoms with E-state index in [1.54, 1.807) is 20.1 Å². The molecule has 6 nitrogen and oxygen atoms in total. The summed E-state index contributed by atoms with van der Waals surface area (Å²) in [6.45, 7) is 7.06. The smallest absolute Gasteiger partial charge is 0.318 e. The topological polar surface area (TPSA) is 69.6 Å². The van der Waals surface area contributed by atoms with Crippen LogP contribution in [0.5, 0.6) is 0 Å². The van der Waals surface area contributed by atoms with Crippen LogP contribution in [0.1, 0.15) is 27.4 Å². The van der Waals surface area contributed by atoms with Crippen LogP contribution in [0.15, 0.2) is 27.7 Å². The minimum Gasteiger partial charge on any atom is -0.383 e. The maximum absolute atomic E-state index is 12.3. The molecule has 0 aliphatic heterocycles. The number of amides is 1. The molecule has 1 amide bonds. The number of thiazole rings is 1. The molecule has 126 valence electrons. The quantitative estimate of drug-likeness (QED) is 0.729. The number of hydrogen-bond acceptors (Lipinski definition) is 5. The highest BCUT2D eigenvalue weighted by atomic mass is 32.1. The molecule has 0 saturated heterocycles. The fourth-order valence-corrected chi connectivity index (χ4v) is 3.71. The summed E-state index contributed by atoms with van der Waals surface area (Å²) in [7, 11) is 1.66. The summed E-state index contributed by atoms with van der Waals surface area (Å²) in [6.07, 6.45) is 0. The molecular weight excluding hydrogens is 326 g/mol. The van der Waals surface area contributed by atoms with E-state index in [0.29, 0.717) is 23.6 Å². The summed E-state index contributed by atoms with van der Waals surface area (Å²) in [6, 6.07) is 5.83. The number of fused-ring (bicyclic) bond motifs is 1. The Bertz CT molecular complexity index is 965. The van der Waals surface area contributed by atoms with E-state index in [9.17, 15) is 4.79 Å². The number of rotatable bonds is 4. The molecule has 0 aliphatic rings. The number of ether oxygens (including phenoxy) is 1. The van der Waals surface area contributed by atoms with Gasteiger partial charge in [-0.3, -0.25) is 4.79 Å². The van der Waals surface area contributed by atoms with Crippen LogP contribution in [0.4, 0.5) is 0 Å². The number of methoxy groups -OCH3 is 1. The molecule has 0 spiro atoms. The zero-order valence-electron chi connectivity index (χ0n) is 14.1. The summed E-state index contributed by atoms with van der Waals surface area (Å²) in [5.41, 5.74) is 4.07. The molecule has 2 aromatic heterocycles. The second kappa shape index (κ2) is 6.70. The predicted octanol–water partition coefficient (Wildman–Crippen LogP) is 3.00. The maximum Gasteiger partial charge on any atom is 0.318 e. The van der Waals surface area contributed by atoms with Crippen molar-refractivity contribution >= 4 is 27.5 Å². The zero-order chi connectivity index (χ0) is 17.3. The molecule has 7 heteroatoms. The first-order valence-electron chi connectivity index (χ1n) is 7.61. The fraction of sp³-hybridized carbons (Fsp3) is 0.353. The Balaban J connectivity index is 2.17. The van der Waals surface area contributed by atoms with E-state index in [1.165, 1.54) is 22.5 Å². The Kier molecular flexibility index (Phi) is 4.64. The first kappa shape index (κ1) is 16.6. The molecule has 0 unspecified atom stereocenters. The van der Waals surface area contributed by atoms with Crippen LogP contribution in [0.2, 0.25) is 0 Å². The van der Waals surface area contributed by atoms with Gasteiger partial charge in [-0.05, 0) is 38.0 Å². The highest BCUT2D eigenvalue weighted by Crippen LogP contribution is 2.23. The fourth-order valence-electron chi connectivity index (χ4n) is 2.60. The van der Waals surface area contributed by atoms with Gasteiger partial charge in [-0.25, -0.2) is 0 Å². The molecule has 2 heterocycles. The lowest BCUT2D eigenvalue weighted by Crippen LogP contribution is -2.19. The summed E-state index contributed by atoms with van der Waals surface area (Å²) < 4.78 is 13.4. The zero-order valence-corrected chi connectivity index (χ0v) is 14.9. The minimum atomic E-state index is -0.428. The molecule has 0 aliphatic carbocycles. The average Bonchev–Trinajstić information content (AvgIpc) is 3.10. The largest absolute Gasteiger partial charge is 0.383 e. The Hall–Kier alpha value is -2.25. The molecule has 0 atom stereocenters. The van der Waals surface area contributed by atoms with E-state index in [2.05, 4.69) is 36.1 Å². The van der Waals surface area contributed by atoms with Crippen LogP contribution in [0.3, 0.4) is 0 Å². The van der Waals surface area contributed by atoms with Crippen LogP contribution in [-0.2, 0) is 11.3 Å². The van der Waals surface area contributed by atoms with Crippen LogP contribution in [0, 0.1) is 20.8 Å². The number of benzene rings is 1. The van der Waals surface area contributed by atoms with E-state index in [-0.39, 0.29) is 5.76 Å². The van der Waals surface area contributed by atoms with Gasteiger partial charge >= 0.3 is 5.91 Å². The van der Waals surface area contributed by atoms with Crippen LogP contribution in [-0.4, -0.2) is 29.3 Å². The monoisotopic (exact) mass is 345 g/mol. The lowest BCUT2D eigenvalue weighted by molar-refractivity contribution is 0.0962. The Morgan fingerprint density at radius 1 is 1.33 bits per heavy atom. The number of aryl methyl sites for hydroxylation is 3. The molecule has 0 radical (unpaired) electrons. The van der Waals surface area contributed by atoms with Gasteiger partial charge in [0.1, 0.15) is 0 Å². The Morgan fingerprint density at radius 2 is 2.12 bits per heavy atom.